The molecule has 0 spiro atoms. The fourth-order valence-electron chi connectivity index (χ4n) is 2.79. The molecule has 1 aromatic carbocycles. The second-order valence-electron chi connectivity index (χ2n) is 5.84. The highest BCUT2D eigenvalue weighted by molar-refractivity contribution is 5.91. The molecule has 6 heteroatoms. The quantitative estimate of drug-likeness (QED) is 0.858. The topological polar surface area (TPSA) is 57.0 Å². The Morgan fingerprint density at radius 3 is 2.29 bits per heavy atom. The van der Waals surface area contributed by atoms with Gasteiger partial charge in [-0.2, -0.15) is 0 Å². The molecule has 1 saturated heterocycles. The zero-order chi connectivity index (χ0) is 16.9. The molecule has 1 aliphatic rings. The average Bonchev–Trinajstić information content (AvgIpc) is 3.16. The van der Waals surface area contributed by atoms with Crippen molar-refractivity contribution in [2.75, 3.05) is 44.7 Å². The van der Waals surface area contributed by atoms with Gasteiger partial charge in [-0.05, 0) is 24.3 Å². The van der Waals surface area contributed by atoms with Crippen LogP contribution in [0, 0.1) is 0 Å². The van der Waals surface area contributed by atoms with Crippen LogP contribution in [0.4, 0.5) is 5.69 Å². The second-order valence-corrected chi connectivity index (χ2v) is 5.84. The lowest BCUT2D eigenvalue weighted by Crippen LogP contribution is -2.52. The molecule has 0 radical (unpaired) electrons. The summed E-state index contributed by atoms with van der Waals surface area (Å²) in [5, 5.41) is 0. The van der Waals surface area contributed by atoms with E-state index in [1.165, 1.54) is 6.26 Å². The van der Waals surface area contributed by atoms with Crippen LogP contribution in [-0.2, 0) is 4.79 Å². The molecule has 0 bridgehead atoms. The molecular formula is C18H21N3O3. The molecule has 6 nitrogen and oxygen atoms in total. The summed E-state index contributed by atoms with van der Waals surface area (Å²) in [7, 11) is 1.91. The van der Waals surface area contributed by atoms with Gasteiger partial charge in [-0.3, -0.25) is 9.59 Å². The molecule has 3 rings (SSSR count). The van der Waals surface area contributed by atoms with E-state index in [1.807, 2.05) is 47.2 Å². The van der Waals surface area contributed by atoms with E-state index in [0.29, 0.717) is 38.5 Å². The maximum Gasteiger partial charge on any atom is 0.289 e. The van der Waals surface area contributed by atoms with Crippen LogP contribution < -0.4 is 4.90 Å². The Balaban J connectivity index is 1.51. The van der Waals surface area contributed by atoms with Crippen LogP contribution in [0.1, 0.15) is 10.6 Å². The summed E-state index contributed by atoms with van der Waals surface area (Å²) in [5.74, 6) is 0.304. The minimum atomic E-state index is -0.117. The number of carbonyl (C=O) groups excluding carboxylic acids is 2. The molecule has 0 atom stereocenters. The van der Waals surface area contributed by atoms with Crippen molar-refractivity contribution < 1.29 is 14.0 Å². The van der Waals surface area contributed by atoms with Crippen LogP contribution in [0.15, 0.2) is 53.1 Å². The van der Waals surface area contributed by atoms with Crippen molar-refractivity contribution >= 4 is 17.5 Å². The fraction of sp³-hybridized carbons (Fsp3) is 0.333. The Morgan fingerprint density at radius 2 is 1.67 bits per heavy atom. The summed E-state index contributed by atoms with van der Waals surface area (Å²) in [4.78, 5) is 30.1. The van der Waals surface area contributed by atoms with E-state index in [-0.39, 0.29) is 11.8 Å². The molecule has 0 saturated carbocycles. The minimum absolute atomic E-state index is 0.0754. The zero-order valence-electron chi connectivity index (χ0n) is 13.7. The van der Waals surface area contributed by atoms with Crippen molar-refractivity contribution in [2.45, 2.75) is 0 Å². The maximum absolute atomic E-state index is 12.4. The van der Waals surface area contributed by atoms with E-state index in [9.17, 15) is 9.59 Å². The number of para-hydroxylation sites is 1. The molecule has 1 fully saturated rings. The van der Waals surface area contributed by atoms with Gasteiger partial charge in [-0.15, -0.1) is 0 Å². The van der Waals surface area contributed by atoms with Crippen LogP contribution in [0.5, 0.6) is 0 Å². The number of furan rings is 1. The Hall–Kier alpha value is -2.76. The van der Waals surface area contributed by atoms with E-state index >= 15 is 0 Å². The predicted molar refractivity (Wildman–Crippen MR) is 90.9 cm³/mol. The SMILES string of the molecule is CN(CC(=O)N1CCN(C(=O)c2ccco2)CC1)c1ccccc1. The number of rotatable bonds is 4. The van der Waals surface area contributed by atoms with Gasteiger partial charge >= 0.3 is 0 Å². The fourth-order valence-corrected chi connectivity index (χ4v) is 2.79. The number of likely N-dealkylation sites (N-methyl/N-ethyl adjacent to an activating group) is 1. The van der Waals surface area contributed by atoms with Crippen LogP contribution in [0.25, 0.3) is 0 Å². The van der Waals surface area contributed by atoms with Crippen molar-refractivity contribution in [1.82, 2.24) is 9.80 Å². The van der Waals surface area contributed by atoms with Gasteiger partial charge in [0.15, 0.2) is 5.76 Å². The predicted octanol–water partition coefficient (Wildman–Crippen LogP) is 1.70. The van der Waals surface area contributed by atoms with E-state index in [0.717, 1.165) is 5.69 Å². The molecule has 0 unspecified atom stereocenters. The van der Waals surface area contributed by atoms with Crippen molar-refractivity contribution in [3.63, 3.8) is 0 Å². The summed E-state index contributed by atoms with van der Waals surface area (Å²) in [5.41, 5.74) is 1.01. The highest BCUT2D eigenvalue weighted by Gasteiger charge is 2.26. The summed E-state index contributed by atoms with van der Waals surface area (Å²) in [6.07, 6.45) is 1.49. The largest absolute Gasteiger partial charge is 0.459 e. The first-order chi connectivity index (χ1) is 11.6. The lowest BCUT2D eigenvalue weighted by molar-refractivity contribution is -0.131. The third kappa shape index (κ3) is 3.59. The molecule has 0 N–H and O–H groups in total. The van der Waals surface area contributed by atoms with Crippen LogP contribution in [0.2, 0.25) is 0 Å². The number of hydrogen-bond acceptors (Lipinski definition) is 4. The van der Waals surface area contributed by atoms with E-state index in [1.54, 1.807) is 17.0 Å². The minimum Gasteiger partial charge on any atom is -0.459 e. The van der Waals surface area contributed by atoms with E-state index < -0.39 is 0 Å². The Kier molecular flexibility index (Phi) is 4.84. The summed E-state index contributed by atoms with van der Waals surface area (Å²) >= 11 is 0. The van der Waals surface area contributed by atoms with Crippen molar-refractivity contribution in [3.8, 4) is 0 Å². The number of nitrogens with zero attached hydrogens (tertiary/aromatic N) is 3. The first-order valence-electron chi connectivity index (χ1n) is 8.02. The standard InChI is InChI=1S/C18H21N3O3/c1-19(15-6-3-2-4-7-15)14-17(22)20-9-11-21(12-10-20)18(23)16-8-5-13-24-16/h2-8,13H,9-12,14H2,1H3. The lowest BCUT2D eigenvalue weighted by Gasteiger charge is -2.35. The van der Waals surface area contributed by atoms with Gasteiger partial charge in [-0.25, -0.2) is 0 Å². The van der Waals surface area contributed by atoms with Gasteiger partial charge in [0.1, 0.15) is 0 Å². The third-order valence-corrected chi connectivity index (χ3v) is 4.22. The van der Waals surface area contributed by atoms with Crippen LogP contribution in [-0.4, -0.2) is 61.4 Å². The van der Waals surface area contributed by atoms with Crippen molar-refractivity contribution in [2.24, 2.45) is 0 Å². The van der Waals surface area contributed by atoms with Gasteiger partial charge in [-0.1, -0.05) is 18.2 Å². The monoisotopic (exact) mass is 327 g/mol. The molecule has 126 valence electrons. The Bertz CT molecular complexity index is 677. The molecule has 24 heavy (non-hydrogen) atoms. The normalized spacial score (nSPS) is 14.5. The Morgan fingerprint density at radius 1 is 1.00 bits per heavy atom. The summed E-state index contributed by atoms with van der Waals surface area (Å²) < 4.78 is 5.15. The number of benzene rings is 1. The highest BCUT2D eigenvalue weighted by Crippen LogP contribution is 2.13. The third-order valence-electron chi connectivity index (χ3n) is 4.22. The van der Waals surface area contributed by atoms with Crippen LogP contribution >= 0.6 is 0 Å². The molecule has 2 aromatic rings. The average molecular weight is 327 g/mol. The van der Waals surface area contributed by atoms with Gasteiger partial charge in [0, 0.05) is 38.9 Å². The summed E-state index contributed by atoms with van der Waals surface area (Å²) in [6, 6.07) is 13.2. The molecular weight excluding hydrogens is 306 g/mol. The van der Waals surface area contributed by atoms with Crippen molar-refractivity contribution in [1.29, 1.82) is 0 Å². The number of hydrogen-bond donors (Lipinski definition) is 0. The molecule has 1 aliphatic heterocycles. The number of piperazine rings is 1. The molecule has 2 heterocycles. The van der Waals surface area contributed by atoms with Gasteiger partial charge < -0.3 is 19.1 Å². The first-order valence-corrected chi connectivity index (χ1v) is 8.02. The number of amides is 2. The zero-order valence-corrected chi connectivity index (χ0v) is 13.7. The second kappa shape index (κ2) is 7.21. The van der Waals surface area contributed by atoms with E-state index in [4.69, 9.17) is 4.42 Å². The first kappa shape index (κ1) is 16.1. The lowest BCUT2D eigenvalue weighted by atomic mass is 10.2. The molecule has 1 aromatic heterocycles. The van der Waals surface area contributed by atoms with Crippen LogP contribution in [0.3, 0.4) is 0 Å². The van der Waals surface area contributed by atoms with Crippen molar-refractivity contribution in [3.05, 3.63) is 54.5 Å². The maximum atomic E-state index is 12.4. The van der Waals surface area contributed by atoms with E-state index in [2.05, 4.69) is 0 Å². The molecule has 0 aliphatic carbocycles. The van der Waals surface area contributed by atoms with Gasteiger partial charge in [0.2, 0.25) is 5.91 Å². The summed E-state index contributed by atoms with van der Waals surface area (Å²) in [6.45, 7) is 2.48. The highest BCUT2D eigenvalue weighted by atomic mass is 16.3. The number of carbonyl (C=O) groups is 2. The smallest absolute Gasteiger partial charge is 0.289 e. The van der Waals surface area contributed by atoms with Gasteiger partial charge in [0.05, 0.1) is 12.8 Å². The molecule has 2 amide bonds. The number of anilines is 1. The Labute approximate surface area is 141 Å². The van der Waals surface area contributed by atoms with Gasteiger partial charge in [0.25, 0.3) is 5.91 Å².